The molecule has 1 amide bonds. The third-order valence-electron chi connectivity index (χ3n) is 5.12. The number of carbonyl (C=O) groups excluding carboxylic acids is 1. The number of carbonyl (C=O) groups is 1. The Kier molecular flexibility index (Phi) is 5.06. The number of amides is 1. The van der Waals surface area contributed by atoms with Crippen molar-refractivity contribution >= 4 is 56.0 Å². The molecule has 3 aromatic heterocycles. The molecule has 3 heterocycles. The molecule has 0 aliphatic heterocycles. The molecule has 0 spiro atoms. The van der Waals surface area contributed by atoms with Crippen LogP contribution in [-0.2, 0) is 4.79 Å². The van der Waals surface area contributed by atoms with E-state index in [9.17, 15) is 9.59 Å². The summed E-state index contributed by atoms with van der Waals surface area (Å²) in [7, 11) is 0. The van der Waals surface area contributed by atoms with Crippen molar-refractivity contribution in [3.63, 3.8) is 0 Å². The minimum absolute atomic E-state index is 0.184. The van der Waals surface area contributed by atoms with Crippen molar-refractivity contribution < 1.29 is 4.79 Å². The summed E-state index contributed by atoms with van der Waals surface area (Å²) in [6.45, 7) is 3.50. The Hall–Kier alpha value is -3.79. The fourth-order valence-electron chi connectivity index (χ4n) is 3.65. The lowest BCUT2D eigenvalue weighted by Gasteiger charge is -2.15. The van der Waals surface area contributed by atoms with Crippen LogP contribution in [0.3, 0.4) is 0 Å². The van der Waals surface area contributed by atoms with Gasteiger partial charge in [-0.2, -0.15) is 5.10 Å². The van der Waals surface area contributed by atoms with Gasteiger partial charge in [0.15, 0.2) is 0 Å². The van der Waals surface area contributed by atoms with Crippen molar-refractivity contribution in [2.45, 2.75) is 0 Å². The molecule has 5 rings (SSSR count). The van der Waals surface area contributed by atoms with Crippen LogP contribution in [0.25, 0.3) is 33.2 Å². The Labute approximate surface area is 196 Å². The second kappa shape index (κ2) is 8.04. The number of pyridine rings is 2. The van der Waals surface area contributed by atoms with E-state index in [-0.39, 0.29) is 11.5 Å². The van der Waals surface area contributed by atoms with Crippen LogP contribution < -0.4 is 10.9 Å². The number of hydrogen-bond donors (Lipinski definition) is 1. The van der Waals surface area contributed by atoms with E-state index in [4.69, 9.17) is 0 Å². The van der Waals surface area contributed by atoms with E-state index < -0.39 is 0 Å². The van der Waals surface area contributed by atoms with E-state index in [1.165, 1.54) is 12.1 Å². The zero-order valence-electron chi connectivity index (χ0n) is 16.7. The lowest BCUT2D eigenvalue weighted by Crippen LogP contribution is -2.18. The zero-order valence-corrected chi connectivity index (χ0v) is 18.9. The first-order chi connectivity index (χ1) is 15.5. The van der Waals surface area contributed by atoms with Gasteiger partial charge in [-0.25, -0.2) is 4.68 Å². The molecule has 0 aliphatic carbocycles. The lowest BCUT2D eigenvalue weighted by atomic mass is 10.1. The Morgan fingerprint density at radius 2 is 1.94 bits per heavy atom. The molecule has 0 fully saturated rings. The topological polar surface area (TPSA) is 81.8 Å². The Morgan fingerprint density at radius 3 is 2.72 bits per heavy atom. The Morgan fingerprint density at radius 1 is 1.09 bits per heavy atom. The van der Waals surface area contributed by atoms with Crippen LogP contribution in [0.4, 0.5) is 5.69 Å². The first-order valence-corrected chi connectivity index (χ1v) is 10.8. The van der Waals surface area contributed by atoms with Gasteiger partial charge >= 0.3 is 0 Å². The van der Waals surface area contributed by atoms with Crippen molar-refractivity contribution in [3.8, 4) is 11.4 Å². The second-order valence-electron chi connectivity index (χ2n) is 7.08. The molecule has 0 saturated heterocycles. The Bertz CT molecular complexity index is 1570. The van der Waals surface area contributed by atoms with Gasteiger partial charge < -0.3 is 5.32 Å². The quantitative estimate of drug-likeness (QED) is 0.210. The van der Waals surface area contributed by atoms with Gasteiger partial charge in [0.05, 0.1) is 28.1 Å². The molecule has 5 aromatic rings. The second-order valence-corrected chi connectivity index (χ2v) is 8.24. The van der Waals surface area contributed by atoms with Crippen LogP contribution in [0.1, 0.15) is 0 Å². The first-order valence-electron chi connectivity index (χ1n) is 9.73. The summed E-state index contributed by atoms with van der Waals surface area (Å²) in [6, 6.07) is 16.5. The summed E-state index contributed by atoms with van der Waals surface area (Å²) in [6.07, 6.45) is 6.55. The molecule has 8 heteroatoms. The standard InChI is InChI=1S/C24H16IN5O2/c1-2-22(31)28-21-13-17(5-7-19(21)25)30-23(32)9-4-15-14-26-20-8-6-16(12-18(20)24(15)30)29-11-3-10-27-29/h2-14H,1H2,(H,28,31). The van der Waals surface area contributed by atoms with E-state index >= 15 is 0 Å². The van der Waals surface area contributed by atoms with Gasteiger partial charge in [0.2, 0.25) is 5.91 Å². The number of benzene rings is 2. The number of hydrogen-bond acceptors (Lipinski definition) is 4. The molecular weight excluding hydrogens is 517 g/mol. The maximum Gasteiger partial charge on any atom is 0.255 e. The number of anilines is 1. The summed E-state index contributed by atoms with van der Waals surface area (Å²) < 4.78 is 4.26. The molecule has 7 nitrogen and oxygen atoms in total. The summed E-state index contributed by atoms with van der Waals surface area (Å²) in [5.41, 5.74) is 3.42. The van der Waals surface area contributed by atoms with Crippen molar-refractivity contribution in [1.29, 1.82) is 0 Å². The van der Waals surface area contributed by atoms with Gasteiger partial charge in [0.25, 0.3) is 5.56 Å². The molecule has 32 heavy (non-hydrogen) atoms. The highest BCUT2D eigenvalue weighted by Crippen LogP contribution is 2.28. The fraction of sp³-hybridized carbons (Fsp3) is 0. The number of nitrogens with zero attached hydrogens (tertiary/aromatic N) is 4. The van der Waals surface area contributed by atoms with Crippen LogP contribution >= 0.6 is 22.6 Å². The summed E-state index contributed by atoms with van der Waals surface area (Å²) >= 11 is 2.14. The summed E-state index contributed by atoms with van der Waals surface area (Å²) in [5, 5.41) is 8.75. The molecule has 1 N–H and O–H groups in total. The number of rotatable bonds is 4. The van der Waals surface area contributed by atoms with Crippen molar-refractivity contribution in [3.05, 3.63) is 99.8 Å². The molecule has 156 valence electrons. The largest absolute Gasteiger partial charge is 0.321 e. The van der Waals surface area contributed by atoms with E-state index in [2.05, 4.69) is 44.6 Å². The van der Waals surface area contributed by atoms with E-state index in [1.54, 1.807) is 33.8 Å². The number of fused-ring (bicyclic) bond motifs is 3. The minimum atomic E-state index is -0.316. The number of nitrogens with one attached hydrogen (secondary N) is 1. The third-order valence-corrected chi connectivity index (χ3v) is 6.06. The molecule has 0 atom stereocenters. The smallest absolute Gasteiger partial charge is 0.255 e. The average molecular weight is 533 g/mol. The zero-order chi connectivity index (χ0) is 22.2. The van der Waals surface area contributed by atoms with E-state index in [0.717, 1.165) is 31.1 Å². The maximum absolute atomic E-state index is 13.1. The molecule has 0 radical (unpaired) electrons. The fourth-order valence-corrected chi connectivity index (χ4v) is 4.12. The van der Waals surface area contributed by atoms with Gasteiger partial charge in [-0.1, -0.05) is 6.58 Å². The SMILES string of the molecule is C=CC(=O)Nc1cc(-n2c(=O)ccc3cnc4ccc(-n5cccn5)cc4c32)ccc1I. The van der Waals surface area contributed by atoms with Crippen LogP contribution in [0.2, 0.25) is 0 Å². The third kappa shape index (κ3) is 3.48. The average Bonchev–Trinajstić information content (AvgIpc) is 3.35. The number of halogens is 1. The highest BCUT2D eigenvalue weighted by Gasteiger charge is 2.13. The minimum Gasteiger partial charge on any atom is -0.321 e. The van der Waals surface area contributed by atoms with Gasteiger partial charge in [-0.3, -0.25) is 19.1 Å². The molecule has 0 bridgehead atoms. The van der Waals surface area contributed by atoms with Crippen molar-refractivity contribution in [2.75, 3.05) is 5.32 Å². The maximum atomic E-state index is 13.1. The predicted octanol–water partition coefficient (Wildman–Crippen LogP) is 4.45. The predicted molar refractivity (Wildman–Crippen MR) is 134 cm³/mol. The normalized spacial score (nSPS) is 11.0. The van der Waals surface area contributed by atoms with Crippen molar-refractivity contribution in [2.24, 2.45) is 0 Å². The van der Waals surface area contributed by atoms with Crippen molar-refractivity contribution in [1.82, 2.24) is 19.3 Å². The monoisotopic (exact) mass is 533 g/mol. The summed E-state index contributed by atoms with van der Waals surface area (Å²) in [4.78, 5) is 29.5. The van der Waals surface area contributed by atoms with E-state index in [1.807, 2.05) is 42.6 Å². The highest BCUT2D eigenvalue weighted by molar-refractivity contribution is 14.1. The van der Waals surface area contributed by atoms with Crippen LogP contribution in [-0.4, -0.2) is 25.2 Å². The molecule has 0 unspecified atom stereocenters. The highest BCUT2D eigenvalue weighted by atomic mass is 127. The van der Waals surface area contributed by atoms with Crippen LogP contribution in [0.5, 0.6) is 0 Å². The van der Waals surface area contributed by atoms with Gasteiger partial charge in [0, 0.05) is 39.0 Å². The Balaban J connectivity index is 1.81. The van der Waals surface area contributed by atoms with Gasteiger partial charge in [-0.05, 0) is 77.2 Å². The number of aromatic nitrogens is 4. The summed E-state index contributed by atoms with van der Waals surface area (Å²) in [5.74, 6) is -0.316. The molecule has 2 aromatic carbocycles. The van der Waals surface area contributed by atoms with Crippen LogP contribution in [0.15, 0.2) is 90.6 Å². The van der Waals surface area contributed by atoms with Gasteiger partial charge in [0.1, 0.15) is 0 Å². The molecule has 0 saturated carbocycles. The van der Waals surface area contributed by atoms with Crippen LogP contribution in [0, 0.1) is 3.57 Å². The first kappa shape index (κ1) is 20.1. The molecular formula is C24H16IN5O2. The van der Waals surface area contributed by atoms with Gasteiger partial charge in [-0.15, -0.1) is 0 Å². The lowest BCUT2D eigenvalue weighted by molar-refractivity contribution is -0.111. The molecule has 0 aliphatic rings. The van der Waals surface area contributed by atoms with E-state index in [0.29, 0.717) is 11.4 Å².